The van der Waals surface area contributed by atoms with Crippen LogP contribution in [0.5, 0.6) is 11.5 Å². The zero-order chi connectivity index (χ0) is 35.1. The van der Waals surface area contributed by atoms with Crippen molar-refractivity contribution in [3.8, 4) is 11.5 Å². The first-order chi connectivity index (χ1) is 24.9. The van der Waals surface area contributed by atoms with Gasteiger partial charge in [-0.25, -0.2) is 19.9 Å². The predicted molar refractivity (Wildman–Crippen MR) is 186 cm³/mol. The van der Waals surface area contributed by atoms with Crippen LogP contribution >= 0.6 is 0 Å². The standard InChI is InChI=1S/C39H33N5O7/c1-48-27-16-12-25(13-17-27)39(24-8-4-3-5-9-24,26-14-18-28(49-2)19-15-26)50-21-32-31(45)20-33(51-32)43-23-42-34-35(43)40-22-41-36(34)44-37(46)29-10-6-7-11-30(29)38(44)47/h3-19,22-23,31-33,45H,20-21H2,1-2H3/t31-,32+,33+/m0/s1. The molecule has 2 aliphatic heterocycles. The van der Waals surface area contributed by atoms with Gasteiger partial charge >= 0.3 is 0 Å². The van der Waals surface area contributed by atoms with E-state index in [0.717, 1.165) is 21.6 Å². The molecule has 8 rings (SSSR count). The minimum Gasteiger partial charge on any atom is -0.497 e. The van der Waals surface area contributed by atoms with Crippen LogP contribution in [0.3, 0.4) is 0 Å². The monoisotopic (exact) mass is 683 g/mol. The fourth-order valence-corrected chi connectivity index (χ4v) is 6.91. The van der Waals surface area contributed by atoms with Gasteiger partial charge in [-0.2, -0.15) is 0 Å². The van der Waals surface area contributed by atoms with Crippen LogP contribution in [0.1, 0.15) is 50.1 Å². The molecule has 12 nitrogen and oxygen atoms in total. The van der Waals surface area contributed by atoms with Gasteiger partial charge in [-0.15, -0.1) is 0 Å². The lowest BCUT2D eigenvalue weighted by Crippen LogP contribution is -2.38. The van der Waals surface area contributed by atoms with E-state index < -0.39 is 35.9 Å². The van der Waals surface area contributed by atoms with Crippen molar-refractivity contribution in [1.82, 2.24) is 19.5 Å². The van der Waals surface area contributed by atoms with Crippen LogP contribution in [0, 0.1) is 0 Å². The van der Waals surface area contributed by atoms with E-state index in [9.17, 15) is 14.7 Å². The molecule has 1 saturated heterocycles. The molecule has 0 aliphatic carbocycles. The van der Waals surface area contributed by atoms with Crippen LogP contribution in [0.25, 0.3) is 11.2 Å². The van der Waals surface area contributed by atoms with Gasteiger partial charge in [0.1, 0.15) is 35.8 Å². The van der Waals surface area contributed by atoms with E-state index in [1.807, 2.05) is 78.9 Å². The number of methoxy groups -OCH3 is 2. The second kappa shape index (κ2) is 13.1. The number of aliphatic hydroxyl groups is 1. The normalized spacial score (nSPS) is 18.7. The minimum atomic E-state index is -1.10. The van der Waals surface area contributed by atoms with E-state index in [4.69, 9.17) is 18.9 Å². The Labute approximate surface area is 292 Å². The van der Waals surface area contributed by atoms with Crippen LogP contribution in [0.15, 0.2) is 116 Å². The first-order valence-corrected chi connectivity index (χ1v) is 16.4. The van der Waals surface area contributed by atoms with Crippen LogP contribution in [-0.2, 0) is 15.1 Å². The number of ether oxygens (including phenoxy) is 4. The number of benzene rings is 4. The molecule has 0 unspecified atom stereocenters. The van der Waals surface area contributed by atoms with Crippen molar-refractivity contribution in [3.63, 3.8) is 0 Å². The number of carbonyl (C=O) groups excluding carboxylic acids is 2. The molecule has 0 bridgehead atoms. The highest BCUT2D eigenvalue weighted by Gasteiger charge is 2.43. The van der Waals surface area contributed by atoms with Gasteiger partial charge < -0.3 is 24.1 Å². The van der Waals surface area contributed by atoms with Gasteiger partial charge in [-0.05, 0) is 53.1 Å². The fourth-order valence-electron chi connectivity index (χ4n) is 6.91. The Hall–Kier alpha value is -5.95. The van der Waals surface area contributed by atoms with Crippen molar-refractivity contribution in [1.29, 1.82) is 0 Å². The maximum absolute atomic E-state index is 13.3. The summed E-state index contributed by atoms with van der Waals surface area (Å²) in [6.45, 7) is 0.0204. The van der Waals surface area contributed by atoms with Gasteiger partial charge in [-0.1, -0.05) is 66.7 Å². The largest absolute Gasteiger partial charge is 0.497 e. The summed E-state index contributed by atoms with van der Waals surface area (Å²) in [5.74, 6) is 0.525. The number of fused-ring (bicyclic) bond motifs is 2. The van der Waals surface area contributed by atoms with Crippen molar-refractivity contribution >= 4 is 28.8 Å². The second-order valence-corrected chi connectivity index (χ2v) is 12.3. The van der Waals surface area contributed by atoms with Gasteiger partial charge in [0.15, 0.2) is 17.0 Å². The Morgan fingerprint density at radius 2 is 1.33 bits per heavy atom. The number of amides is 2. The maximum atomic E-state index is 13.3. The van der Waals surface area contributed by atoms with Crippen molar-refractivity contribution in [2.24, 2.45) is 0 Å². The third-order valence-corrected chi connectivity index (χ3v) is 9.50. The SMILES string of the molecule is COc1ccc(C(OC[C@H]2O[C@@H](n3cnc4c(N5C(=O)c6ccccc6C5=O)ncnc43)C[C@@H]2O)(c2ccccc2)c2ccc(OC)cc2)cc1. The molecule has 0 spiro atoms. The van der Waals surface area contributed by atoms with Gasteiger partial charge in [0.25, 0.3) is 11.8 Å². The average Bonchev–Trinajstić information content (AvgIpc) is 3.86. The number of anilines is 1. The number of carbonyl (C=O) groups is 2. The molecule has 1 fully saturated rings. The zero-order valence-corrected chi connectivity index (χ0v) is 27.7. The summed E-state index contributed by atoms with van der Waals surface area (Å²) in [5.41, 5.74) is 2.68. The molecule has 1 N–H and O–H groups in total. The molecule has 6 aromatic rings. The Morgan fingerprint density at radius 1 is 0.765 bits per heavy atom. The van der Waals surface area contributed by atoms with Crippen LogP contribution in [-0.4, -0.2) is 69.5 Å². The molecule has 51 heavy (non-hydrogen) atoms. The van der Waals surface area contributed by atoms with Gasteiger partial charge in [0.2, 0.25) is 0 Å². The van der Waals surface area contributed by atoms with E-state index in [0.29, 0.717) is 28.3 Å². The molecule has 12 heteroatoms. The topological polar surface area (TPSA) is 138 Å². The molecule has 0 radical (unpaired) electrons. The molecular weight excluding hydrogens is 650 g/mol. The molecule has 2 amide bonds. The quantitative estimate of drug-likeness (QED) is 0.150. The summed E-state index contributed by atoms with van der Waals surface area (Å²) in [5, 5.41) is 11.4. The number of hydrogen-bond donors (Lipinski definition) is 1. The molecule has 2 aliphatic rings. The number of nitrogens with zero attached hydrogens (tertiary/aromatic N) is 5. The van der Waals surface area contributed by atoms with Gasteiger partial charge in [0, 0.05) is 6.42 Å². The Kier molecular flexibility index (Phi) is 8.27. The first kappa shape index (κ1) is 32.3. The fraction of sp³-hybridized carbons (Fsp3) is 0.205. The highest BCUT2D eigenvalue weighted by atomic mass is 16.6. The summed E-state index contributed by atoms with van der Waals surface area (Å²) < 4.78 is 26.0. The zero-order valence-electron chi connectivity index (χ0n) is 27.7. The van der Waals surface area contributed by atoms with Crippen LogP contribution in [0.4, 0.5) is 5.82 Å². The summed E-state index contributed by atoms with van der Waals surface area (Å²) >= 11 is 0. The van der Waals surface area contributed by atoms with Crippen molar-refractivity contribution in [2.45, 2.75) is 30.5 Å². The predicted octanol–water partition coefficient (Wildman–Crippen LogP) is 5.30. The highest BCUT2D eigenvalue weighted by Crippen LogP contribution is 2.43. The molecule has 2 aromatic heterocycles. The summed E-state index contributed by atoms with van der Waals surface area (Å²) in [4.78, 5) is 40.7. The average molecular weight is 684 g/mol. The molecule has 4 heterocycles. The summed E-state index contributed by atoms with van der Waals surface area (Å²) in [6, 6.07) is 31.9. The number of aliphatic hydroxyl groups excluding tert-OH is 1. The molecule has 0 saturated carbocycles. The van der Waals surface area contributed by atoms with E-state index in [-0.39, 0.29) is 24.4 Å². The van der Waals surface area contributed by atoms with E-state index in [1.165, 1.54) is 12.7 Å². The third-order valence-electron chi connectivity index (χ3n) is 9.50. The van der Waals surface area contributed by atoms with Crippen molar-refractivity contribution in [2.75, 3.05) is 25.7 Å². The summed E-state index contributed by atoms with van der Waals surface area (Å²) in [7, 11) is 3.24. The lowest BCUT2D eigenvalue weighted by molar-refractivity contribution is -0.0931. The third kappa shape index (κ3) is 5.40. The Morgan fingerprint density at radius 3 is 1.92 bits per heavy atom. The smallest absolute Gasteiger partial charge is 0.267 e. The number of imidazole rings is 1. The molecule has 3 atom stereocenters. The van der Waals surface area contributed by atoms with Crippen LogP contribution < -0.4 is 14.4 Å². The highest BCUT2D eigenvalue weighted by molar-refractivity contribution is 6.35. The van der Waals surface area contributed by atoms with Crippen molar-refractivity contribution in [3.05, 3.63) is 144 Å². The van der Waals surface area contributed by atoms with Crippen LogP contribution in [0.2, 0.25) is 0 Å². The van der Waals surface area contributed by atoms with E-state index >= 15 is 0 Å². The van der Waals surface area contributed by atoms with E-state index in [1.54, 1.807) is 43.1 Å². The first-order valence-electron chi connectivity index (χ1n) is 16.4. The molecule has 4 aromatic carbocycles. The Balaban J connectivity index is 1.11. The van der Waals surface area contributed by atoms with E-state index in [2.05, 4.69) is 15.0 Å². The lowest BCUT2D eigenvalue weighted by Gasteiger charge is -2.37. The maximum Gasteiger partial charge on any atom is 0.267 e. The lowest BCUT2D eigenvalue weighted by atomic mass is 9.80. The number of aromatic nitrogens is 4. The van der Waals surface area contributed by atoms with Gasteiger partial charge in [-0.3, -0.25) is 14.2 Å². The Bertz CT molecular complexity index is 2140. The molecule has 256 valence electrons. The van der Waals surface area contributed by atoms with Gasteiger partial charge in [0.05, 0.1) is 44.4 Å². The number of imide groups is 1. The minimum absolute atomic E-state index is 0.0204. The van der Waals surface area contributed by atoms with Crippen molar-refractivity contribution < 1.29 is 33.6 Å². The number of hydrogen-bond acceptors (Lipinski definition) is 10. The second-order valence-electron chi connectivity index (χ2n) is 12.3. The molecular formula is C39H33N5O7. The number of rotatable bonds is 10. The summed E-state index contributed by atoms with van der Waals surface area (Å²) in [6.07, 6.45) is 0.717.